The lowest BCUT2D eigenvalue weighted by atomic mass is 9.70. The fraction of sp³-hybridized carbons (Fsp3) is 0.938. The maximum absolute atomic E-state index is 8.80. The minimum atomic E-state index is 0.351. The Morgan fingerprint density at radius 1 is 1.32 bits per heavy atom. The Kier molecular flexibility index (Phi) is 3.70. The van der Waals surface area contributed by atoms with Crippen molar-refractivity contribution >= 4 is 0 Å². The maximum Gasteiger partial charge on any atom is 0.166 e. The highest BCUT2D eigenvalue weighted by molar-refractivity contribution is 5.11. The SMILES string of the molecule is CC1(C)[C@H]2CC[C@@]1(C)[C@@H](OCC[N+](C)(C)CC#N)C2. The van der Waals surface area contributed by atoms with E-state index >= 15 is 0 Å². The topological polar surface area (TPSA) is 33.0 Å². The lowest BCUT2D eigenvalue weighted by molar-refractivity contribution is -0.883. The first kappa shape index (κ1) is 14.8. The van der Waals surface area contributed by atoms with E-state index < -0.39 is 0 Å². The lowest BCUT2D eigenvalue weighted by Gasteiger charge is -2.39. The van der Waals surface area contributed by atoms with Crippen LogP contribution in [0.4, 0.5) is 0 Å². The van der Waals surface area contributed by atoms with E-state index in [1.807, 2.05) is 0 Å². The molecule has 2 aliphatic rings. The molecule has 3 atom stereocenters. The fourth-order valence-electron chi connectivity index (χ4n) is 4.09. The molecule has 2 fully saturated rings. The largest absolute Gasteiger partial charge is 0.372 e. The quantitative estimate of drug-likeness (QED) is 0.565. The van der Waals surface area contributed by atoms with Gasteiger partial charge in [-0.2, -0.15) is 5.26 Å². The molecule has 2 bridgehead atoms. The lowest BCUT2D eigenvalue weighted by Crippen LogP contribution is -2.44. The molecule has 2 saturated carbocycles. The van der Waals surface area contributed by atoms with Gasteiger partial charge in [0.25, 0.3) is 0 Å². The van der Waals surface area contributed by atoms with Crippen LogP contribution in [0, 0.1) is 28.1 Å². The summed E-state index contributed by atoms with van der Waals surface area (Å²) in [5, 5.41) is 8.80. The van der Waals surface area contributed by atoms with E-state index in [2.05, 4.69) is 40.9 Å². The second-order valence-corrected chi connectivity index (χ2v) is 7.95. The number of rotatable bonds is 5. The highest BCUT2D eigenvalue weighted by Crippen LogP contribution is 2.66. The van der Waals surface area contributed by atoms with Crippen molar-refractivity contribution in [2.24, 2.45) is 16.7 Å². The third-order valence-electron chi connectivity index (χ3n) is 6.23. The fourth-order valence-corrected chi connectivity index (χ4v) is 4.09. The minimum absolute atomic E-state index is 0.351. The molecule has 3 heteroatoms. The number of hydrogen-bond acceptors (Lipinski definition) is 2. The summed E-state index contributed by atoms with van der Waals surface area (Å²) in [4.78, 5) is 0. The van der Waals surface area contributed by atoms with Crippen LogP contribution < -0.4 is 0 Å². The molecular weight excluding hydrogens is 236 g/mol. The number of quaternary nitrogens is 1. The predicted octanol–water partition coefficient (Wildman–Crippen LogP) is 2.82. The van der Waals surface area contributed by atoms with Gasteiger partial charge >= 0.3 is 0 Å². The molecule has 0 aromatic rings. The Morgan fingerprint density at radius 3 is 2.47 bits per heavy atom. The van der Waals surface area contributed by atoms with Crippen LogP contribution in [0.25, 0.3) is 0 Å². The standard InChI is InChI=1S/C16H29N2O/c1-15(2)13-6-7-16(15,3)14(12-13)19-11-10-18(4,5)9-8-17/h13-14H,6-7,9-12H2,1-5H3/q+1/t13-,14-,16-/m0/s1. The average Bonchev–Trinajstić information content (AvgIpc) is 2.61. The monoisotopic (exact) mass is 265 g/mol. The van der Waals surface area contributed by atoms with Crippen LogP contribution in [0.15, 0.2) is 0 Å². The van der Waals surface area contributed by atoms with Crippen molar-refractivity contribution in [2.75, 3.05) is 33.8 Å². The Labute approximate surface area is 118 Å². The highest BCUT2D eigenvalue weighted by Gasteiger charge is 2.61. The van der Waals surface area contributed by atoms with Gasteiger partial charge in [0.15, 0.2) is 6.54 Å². The maximum atomic E-state index is 8.80. The van der Waals surface area contributed by atoms with Crippen molar-refractivity contribution in [2.45, 2.75) is 46.1 Å². The van der Waals surface area contributed by atoms with Crippen LogP contribution in [-0.4, -0.2) is 44.4 Å². The van der Waals surface area contributed by atoms with E-state index in [-0.39, 0.29) is 0 Å². The Morgan fingerprint density at radius 2 is 2.00 bits per heavy atom. The molecule has 0 heterocycles. The summed E-state index contributed by atoms with van der Waals surface area (Å²) in [6, 6.07) is 2.25. The number of hydrogen-bond donors (Lipinski definition) is 0. The third-order valence-corrected chi connectivity index (χ3v) is 6.23. The molecule has 0 aliphatic heterocycles. The molecule has 3 nitrogen and oxygen atoms in total. The molecule has 0 saturated heterocycles. The van der Waals surface area contributed by atoms with Crippen molar-refractivity contribution in [3.05, 3.63) is 0 Å². The molecule has 0 N–H and O–H groups in total. The molecule has 2 rings (SSSR count). The van der Waals surface area contributed by atoms with Gasteiger partial charge < -0.3 is 9.22 Å². The van der Waals surface area contributed by atoms with E-state index in [0.717, 1.165) is 23.6 Å². The summed E-state index contributed by atoms with van der Waals surface area (Å²) < 4.78 is 6.96. The Bertz CT molecular complexity index is 383. The van der Waals surface area contributed by atoms with Crippen molar-refractivity contribution in [3.63, 3.8) is 0 Å². The Hall–Kier alpha value is -0.590. The zero-order chi connectivity index (χ0) is 14.3. The number of likely N-dealkylation sites (N-methyl/N-ethyl adjacent to an activating group) is 1. The van der Waals surface area contributed by atoms with Gasteiger partial charge in [0, 0.05) is 0 Å². The molecule has 0 amide bonds. The van der Waals surface area contributed by atoms with Crippen molar-refractivity contribution < 1.29 is 9.22 Å². The molecule has 108 valence electrons. The van der Waals surface area contributed by atoms with Crippen LogP contribution in [0.2, 0.25) is 0 Å². The summed E-state index contributed by atoms with van der Waals surface area (Å²) in [5.41, 5.74) is 0.777. The summed E-state index contributed by atoms with van der Waals surface area (Å²) in [6.45, 7) is 9.51. The normalized spacial score (nSPS) is 36.4. The van der Waals surface area contributed by atoms with Crippen LogP contribution in [-0.2, 0) is 4.74 Å². The second-order valence-electron chi connectivity index (χ2n) is 7.95. The van der Waals surface area contributed by atoms with Gasteiger partial charge in [0.1, 0.15) is 12.6 Å². The van der Waals surface area contributed by atoms with Crippen LogP contribution in [0.3, 0.4) is 0 Å². The van der Waals surface area contributed by atoms with Crippen molar-refractivity contribution in [1.82, 2.24) is 0 Å². The van der Waals surface area contributed by atoms with Gasteiger partial charge in [0.05, 0.1) is 26.8 Å². The predicted molar refractivity (Wildman–Crippen MR) is 76.4 cm³/mol. The van der Waals surface area contributed by atoms with Crippen molar-refractivity contribution in [3.8, 4) is 6.07 Å². The average molecular weight is 265 g/mol. The van der Waals surface area contributed by atoms with E-state index in [1.54, 1.807) is 0 Å². The molecule has 0 spiro atoms. The van der Waals surface area contributed by atoms with Gasteiger partial charge in [-0.05, 0) is 36.0 Å². The van der Waals surface area contributed by atoms with E-state index in [1.165, 1.54) is 19.3 Å². The molecule has 19 heavy (non-hydrogen) atoms. The highest BCUT2D eigenvalue weighted by atomic mass is 16.5. The minimum Gasteiger partial charge on any atom is -0.372 e. The zero-order valence-corrected chi connectivity index (χ0v) is 13.2. The van der Waals surface area contributed by atoms with Gasteiger partial charge in [-0.1, -0.05) is 20.8 Å². The van der Waals surface area contributed by atoms with E-state index in [0.29, 0.717) is 23.5 Å². The molecule has 0 unspecified atom stereocenters. The van der Waals surface area contributed by atoms with Gasteiger partial charge in [-0.25, -0.2) is 0 Å². The molecule has 0 radical (unpaired) electrons. The number of nitriles is 1. The first-order chi connectivity index (χ1) is 8.73. The van der Waals surface area contributed by atoms with Crippen LogP contribution >= 0.6 is 0 Å². The second kappa shape index (κ2) is 4.75. The van der Waals surface area contributed by atoms with E-state index in [4.69, 9.17) is 10.00 Å². The summed E-state index contributed by atoms with van der Waals surface area (Å²) in [5.74, 6) is 0.837. The third kappa shape index (κ3) is 2.41. The summed E-state index contributed by atoms with van der Waals surface area (Å²) in [7, 11) is 4.19. The van der Waals surface area contributed by atoms with Crippen LogP contribution in [0.5, 0.6) is 0 Å². The first-order valence-corrected chi connectivity index (χ1v) is 7.53. The first-order valence-electron chi connectivity index (χ1n) is 7.53. The van der Waals surface area contributed by atoms with E-state index in [9.17, 15) is 0 Å². The zero-order valence-electron chi connectivity index (χ0n) is 13.2. The number of fused-ring (bicyclic) bond motifs is 2. The van der Waals surface area contributed by atoms with Gasteiger partial charge in [-0.15, -0.1) is 0 Å². The van der Waals surface area contributed by atoms with Gasteiger partial charge in [-0.3, -0.25) is 0 Å². The summed E-state index contributed by atoms with van der Waals surface area (Å²) in [6.07, 6.45) is 4.34. The van der Waals surface area contributed by atoms with Crippen molar-refractivity contribution in [1.29, 1.82) is 5.26 Å². The molecule has 0 aromatic heterocycles. The van der Waals surface area contributed by atoms with Gasteiger partial charge in [0.2, 0.25) is 0 Å². The summed E-state index contributed by atoms with van der Waals surface area (Å²) >= 11 is 0. The molecule has 0 aromatic carbocycles. The molecule has 2 aliphatic carbocycles. The van der Waals surface area contributed by atoms with Crippen LogP contribution in [0.1, 0.15) is 40.0 Å². The smallest absolute Gasteiger partial charge is 0.166 e. The molecular formula is C16H29N2O+. The number of ether oxygens (including phenoxy) is 1. The Balaban J connectivity index is 1.88. The number of nitrogens with zero attached hydrogens (tertiary/aromatic N) is 2.